The Bertz CT molecular complexity index is 764. The van der Waals surface area contributed by atoms with Crippen LogP contribution in [0.2, 0.25) is 0 Å². The first-order valence-electron chi connectivity index (χ1n) is 7.85. The maximum absolute atomic E-state index is 12.5. The fourth-order valence-corrected chi connectivity index (χ4v) is 2.99. The summed E-state index contributed by atoms with van der Waals surface area (Å²) < 4.78 is 5.25. The number of ether oxygens (including phenoxy) is 1. The van der Waals surface area contributed by atoms with Gasteiger partial charge < -0.3 is 20.5 Å². The monoisotopic (exact) mass is 381 g/mol. The van der Waals surface area contributed by atoms with Crippen LogP contribution < -0.4 is 10.6 Å². The number of thioether (sulfide) groups is 1. The van der Waals surface area contributed by atoms with E-state index in [-0.39, 0.29) is 12.2 Å². The van der Waals surface area contributed by atoms with Gasteiger partial charge in [-0.15, -0.1) is 0 Å². The van der Waals surface area contributed by atoms with Crippen molar-refractivity contribution in [2.75, 3.05) is 18.1 Å². The summed E-state index contributed by atoms with van der Waals surface area (Å²) in [5.74, 6) is 0.424. The van der Waals surface area contributed by atoms with Gasteiger partial charge in [0.05, 0.1) is 16.5 Å². The lowest BCUT2D eigenvalue weighted by Gasteiger charge is -2.28. The summed E-state index contributed by atoms with van der Waals surface area (Å²) in [4.78, 5) is 34.6. The highest BCUT2D eigenvalue weighted by Gasteiger charge is 2.33. The number of carbonyl (C=O) groups excluding carboxylic acids is 2. The molecule has 1 heterocycles. The number of nitrogens with one attached hydrogen (secondary N) is 2. The Labute approximate surface area is 153 Å². The van der Waals surface area contributed by atoms with Gasteiger partial charge in [-0.3, -0.25) is 10.1 Å². The molecule has 1 aliphatic rings. The molecule has 0 radical (unpaired) electrons. The van der Waals surface area contributed by atoms with Crippen molar-refractivity contribution in [1.29, 1.82) is 0 Å². The number of phenolic OH excluding ortho intramolecular Hbond substituents is 1. The van der Waals surface area contributed by atoms with Crippen molar-refractivity contribution in [2.24, 2.45) is 0 Å². The van der Waals surface area contributed by atoms with E-state index in [1.54, 1.807) is 18.7 Å². The van der Waals surface area contributed by atoms with Gasteiger partial charge in [-0.05, 0) is 24.3 Å². The van der Waals surface area contributed by atoms with E-state index in [2.05, 4.69) is 10.6 Å². The van der Waals surface area contributed by atoms with Crippen LogP contribution in [0.15, 0.2) is 29.5 Å². The number of nitro benzene ring substituents is 1. The van der Waals surface area contributed by atoms with Crippen molar-refractivity contribution in [3.05, 3.63) is 45.1 Å². The Morgan fingerprint density at radius 3 is 2.85 bits per heavy atom. The molecular weight excluding hydrogens is 362 g/mol. The number of carbonyl (C=O) groups is 2. The first-order valence-corrected chi connectivity index (χ1v) is 9.01. The number of hydrogen-bond donors (Lipinski definition) is 3. The summed E-state index contributed by atoms with van der Waals surface area (Å²) >= 11 is 1.62. The maximum atomic E-state index is 12.5. The molecule has 1 aromatic rings. The number of phenols is 1. The normalized spacial score (nSPS) is 16.7. The topological polar surface area (TPSA) is 131 Å². The summed E-state index contributed by atoms with van der Waals surface area (Å²) in [6.45, 7) is 3.76. The highest BCUT2D eigenvalue weighted by Crippen LogP contribution is 2.33. The molecule has 10 heteroatoms. The van der Waals surface area contributed by atoms with Crippen LogP contribution in [0.3, 0.4) is 0 Å². The predicted molar refractivity (Wildman–Crippen MR) is 95.8 cm³/mol. The molecule has 0 aliphatic carbocycles. The molecule has 1 aromatic carbocycles. The Balaban J connectivity index is 2.33. The number of benzene rings is 1. The van der Waals surface area contributed by atoms with Crippen molar-refractivity contribution >= 4 is 29.4 Å². The van der Waals surface area contributed by atoms with Gasteiger partial charge in [-0.1, -0.05) is 13.0 Å². The third-order valence-electron chi connectivity index (χ3n) is 3.68. The smallest absolute Gasteiger partial charge is 0.338 e. The van der Waals surface area contributed by atoms with Crippen molar-refractivity contribution in [1.82, 2.24) is 10.6 Å². The highest BCUT2D eigenvalue weighted by atomic mass is 32.2. The second-order valence-electron chi connectivity index (χ2n) is 5.41. The van der Waals surface area contributed by atoms with Crippen LogP contribution in [0.25, 0.3) is 0 Å². The van der Waals surface area contributed by atoms with Crippen LogP contribution in [-0.2, 0) is 9.53 Å². The fraction of sp³-hybridized carbons (Fsp3) is 0.375. The van der Waals surface area contributed by atoms with Gasteiger partial charge in [-0.2, -0.15) is 11.8 Å². The molecule has 26 heavy (non-hydrogen) atoms. The van der Waals surface area contributed by atoms with E-state index in [4.69, 9.17) is 4.74 Å². The lowest BCUT2D eigenvalue weighted by Crippen LogP contribution is -2.45. The molecule has 2 rings (SSSR count). The third-order valence-corrected chi connectivity index (χ3v) is 4.55. The standard InChI is InChI=1S/C16H19N3O6S/c1-3-26-7-6-25-15(21)13-9(2)17-16(22)18-14(13)10-4-5-12(20)11(8-10)19(23)24/h4-5,8,14,20H,3,6-7H2,1-2H3,(H2,17,18,22)/t14-/m1/s1. The number of esters is 1. The highest BCUT2D eigenvalue weighted by molar-refractivity contribution is 7.99. The molecule has 0 saturated carbocycles. The van der Waals surface area contributed by atoms with E-state index < -0.39 is 34.4 Å². The van der Waals surface area contributed by atoms with Gasteiger partial charge >= 0.3 is 17.7 Å². The second kappa shape index (κ2) is 8.56. The van der Waals surface area contributed by atoms with Crippen molar-refractivity contribution in [3.63, 3.8) is 0 Å². The van der Waals surface area contributed by atoms with Crippen LogP contribution >= 0.6 is 11.8 Å². The molecule has 1 atom stereocenters. The summed E-state index contributed by atoms with van der Waals surface area (Å²) in [5, 5.41) is 25.7. The molecule has 9 nitrogen and oxygen atoms in total. The summed E-state index contributed by atoms with van der Waals surface area (Å²) in [6.07, 6.45) is 0. The van der Waals surface area contributed by atoms with Crippen molar-refractivity contribution in [2.45, 2.75) is 19.9 Å². The summed E-state index contributed by atoms with van der Waals surface area (Å²) in [7, 11) is 0. The summed E-state index contributed by atoms with van der Waals surface area (Å²) in [5.41, 5.74) is 0.243. The van der Waals surface area contributed by atoms with E-state index in [0.717, 1.165) is 17.9 Å². The van der Waals surface area contributed by atoms with Gasteiger partial charge in [0.25, 0.3) is 0 Å². The van der Waals surface area contributed by atoms with Crippen LogP contribution in [0.5, 0.6) is 5.75 Å². The van der Waals surface area contributed by atoms with E-state index in [1.807, 2.05) is 6.92 Å². The largest absolute Gasteiger partial charge is 0.502 e. The predicted octanol–water partition coefficient (Wildman–Crippen LogP) is 2.22. The number of urea groups is 1. The maximum Gasteiger partial charge on any atom is 0.338 e. The van der Waals surface area contributed by atoms with E-state index in [1.165, 1.54) is 6.07 Å². The molecular formula is C16H19N3O6S. The number of allylic oxidation sites excluding steroid dienone is 1. The second-order valence-corrected chi connectivity index (χ2v) is 6.80. The first kappa shape index (κ1) is 19.6. The molecule has 0 fully saturated rings. The van der Waals surface area contributed by atoms with Gasteiger partial charge in [-0.25, -0.2) is 9.59 Å². The van der Waals surface area contributed by atoms with Crippen LogP contribution in [-0.4, -0.2) is 40.1 Å². The molecule has 2 amide bonds. The Hall–Kier alpha value is -2.75. The molecule has 1 aliphatic heterocycles. The van der Waals surface area contributed by atoms with Crippen LogP contribution in [0.1, 0.15) is 25.5 Å². The molecule has 0 bridgehead atoms. The third kappa shape index (κ3) is 4.45. The van der Waals surface area contributed by atoms with E-state index in [0.29, 0.717) is 17.0 Å². The zero-order valence-corrected chi connectivity index (χ0v) is 15.1. The Kier molecular flexibility index (Phi) is 6.45. The first-order chi connectivity index (χ1) is 12.3. The SMILES string of the molecule is CCSCCOC(=O)C1=C(C)NC(=O)N[C@@H]1c1ccc(O)c([N+](=O)[O-])c1. The zero-order chi connectivity index (χ0) is 19.3. The minimum atomic E-state index is -0.922. The number of nitro groups is 1. The number of rotatable bonds is 7. The average molecular weight is 381 g/mol. The van der Waals surface area contributed by atoms with E-state index >= 15 is 0 Å². The number of amides is 2. The molecule has 140 valence electrons. The van der Waals surface area contributed by atoms with Crippen LogP contribution in [0.4, 0.5) is 10.5 Å². The molecule has 0 spiro atoms. The lowest BCUT2D eigenvalue weighted by atomic mass is 9.95. The van der Waals surface area contributed by atoms with Gasteiger partial charge in [0.1, 0.15) is 6.61 Å². The molecule has 0 unspecified atom stereocenters. The van der Waals surface area contributed by atoms with Gasteiger partial charge in [0, 0.05) is 17.5 Å². The summed E-state index contributed by atoms with van der Waals surface area (Å²) in [6, 6.07) is 2.22. The average Bonchev–Trinajstić information content (AvgIpc) is 2.58. The van der Waals surface area contributed by atoms with Crippen molar-refractivity contribution < 1.29 is 24.4 Å². The lowest BCUT2D eigenvalue weighted by molar-refractivity contribution is -0.385. The Morgan fingerprint density at radius 2 is 2.19 bits per heavy atom. The van der Waals surface area contributed by atoms with Crippen LogP contribution in [0, 0.1) is 10.1 Å². The zero-order valence-electron chi connectivity index (χ0n) is 14.3. The van der Waals surface area contributed by atoms with Gasteiger partial charge in [0.2, 0.25) is 0 Å². The molecule has 3 N–H and O–H groups in total. The fourth-order valence-electron chi connectivity index (χ4n) is 2.50. The number of hydrogen-bond acceptors (Lipinski definition) is 7. The number of nitrogens with zero attached hydrogens (tertiary/aromatic N) is 1. The molecule has 0 aromatic heterocycles. The minimum absolute atomic E-state index is 0.158. The molecule has 0 saturated heterocycles. The quantitative estimate of drug-likeness (QED) is 0.286. The van der Waals surface area contributed by atoms with Gasteiger partial charge in [0.15, 0.2) is 5.75 Å². The Morgan fingerprint density at radius 1 is 1.46 bits per heavy atom. The number of aromatic hydroxyl groups is 1. The van der Waals surface area contributed by atoms with E-state index in [9.17, 15) is 24.8 Å². The van der Waals surface area contributed by atoms with Crippen molar-refractivity contribution in [3.8, 4) is 5.75 Å². The minimum Gasteiger partial charge on any atom is -0.502 e.